The van der Waals surface area contributed by atoms with Gasteiger partial charge < -0.3 is 15.1 Å². The number of halogens is 1. The second-order valence-corrected chi connectivity index (χ2v) is 8.17. The Hall–Kier alpha value is -2.96. The molecule has 2 saturated heterocycles. The molecular formula is C22H24FN3O3. The molecule has 0 spiro atoms. The first-order valence-electron chi connectivity index (χ1n) is 9.68. The first kappa shape index (κ1) is 19.4. The van der Waals surface area contributed by atoms with Crippen LogP contribution in [0.2, 0.25) is 0 Å². The average molecular weight is 397 g/mol. The van der Waals surface area contributed by atoms with E-state index in [0.29, 0.717) is 12.0 Å². The van der Waals surface area contributed by atoms with Crippen LogP contribution in [0.3, 0.4) is 0 Å². The van der Waals surface area contributed by atoms with Gasteiger partial charge in [0.15, 0.2) is 0 Å². The van der Waals surface area contributed by atoms with Crippen molar-refractivity contribution in [1.29, 1.82) is 0 Å². The Morgan fingerprint density at radius 2 is 1.83 bits per heavy atom. The predicted molar refractivity (Wildman–Crippen MR) is 105 cm³/mol. The van der Waals surface area contributed by atoms with Crippen LogP contribution in [0.25, 0.3) is 0 Å². The Morgan fingerprint density at radius 3 is 2.52 bits per heavy atom. The molecule has 4 rings (SSSR count). The molecule has 2 fully saturated rings. The van der Waals surface area contributed by atoms with E-state index in [1.54, 1.807) is 27.1 Å². The van der Waals surface area contributed by atoms with Gasteiger partial charge in [0.05, 0.1) is 6.04 Å². The standard InChI is InChI=1S/C22H24FN3O3/c1-22(12-13-8-5-4-6-9-13)21(29)25(2)18(20(28)26(22)3)17-16-14(19(27)24-17)10-7-11-15(16)23/h4-11,15-18H,12H2,1-3H3,(H,24,27). The number of benzene rings is 1. The minimum absolute atomic E-state index is 0.234. The fraction of sp³-hybridized carbons (Fsp3) is 0.409. The lowest BCUT2D eigenvalue weighted by Gasteiger charge is -2.50. The summed E-state index contributed by atoms with van der Waals surface area (Å²) in [5.74, 6) is -1.72. The van der Waals surface area contributed by atoms with Crippen molar-refractivity contribution in [3.05, 3.63) is 59.7 Å². The smallest absolute Gasteiger partial charge is 0.249 e. The van der Waals surface area contributed by atoms with Gasteiger partial charge in [0.2, 0.25) is 17.7 Å². The average Bonchev–Trinajstić information content (AvgIpc) is 3.04. The van der Waals surface area contributed by atoms with Crippen molar-refractivity contribution in [1.82, 2.24) is 15.1 Å². The Bertz CT molecular complexity index is 928. The molecule has 0 saturated carbocycles. The maximum atomic E-state index is 14.7. The fourth-order valence-electron chi connectivity index (χ4n) is 4.73. The number of nitrogens with zero attached hydrogens (tertiary/aromatic N) is 2. The van der Waals surface area contributed by atoms with Crippen LogP contribution in [0, 0.1) is 5.92 Å². The highest BCUT2D eigenvalue weighted by molar-refractivity contribution is 6.03. The van der Waals surface area contributed by atoms with Gasteiger partial charge in [-0.25, -0.2) is 4.39 Å². The van der Waals surface area contributed by atoms with Gasteiger partial charge in [-0.05, 0) is 18.6 Å². The highest BCUT2D eigenvalue weighted by Crippen LogP contribution is 2.38. The summed E-state index contributed by atoms with van der Waals surface area (Å²) in [5, 5.41) is 2.75. The lowest BCUT2D eigenvalue weighted by atomic mass is 9.80. The Morgan fingerprint density at radius 1 is 1.14 bits per heavy atom. The van der Waals surface area contributed by atoms with Crippen molar-refractivity contribution in [2.75, 3.05) is 14.1 Å². The Kier molecular flexibility index (Phi) is 4.56. The topological polar surface area (TPSA) is 69.7 Å². The summed E-state index contributed by atoms with van der Waals surface area (Å²) in [6.07, 6.45) is 3.44. The number of rotatable bonds is 3. The summed E-state index contributed by atoms with van der Waals surface area (Å²) >= 11 is 0. The van der Waals surface area contributed by atoms with Crippen LogP contribution >= 0.6 is 0 Å². The number of alkyl halides is 1. The van der Waals surface area contributed by atoms with E-state index in [4.69, 9.17) is 0 Å². The Labute approximate surface area is 169 Å². The minimum atomic E-state index is -1.39. The second-order valence-electron chi connectivity index (χ2n) is 8.17. The highest BCUT2D eigenvalue weighted by Gasteiger charge is 2.57. The molecule has 5 atom stereocenters. The quantitative estimate of drug-likeness (QED) is 0.834. The largest absolute Gasteiger partial charge is 0.346 e. The first-order valence-corrected chi connectivity index (χ1v) is 9.68. The molecule has 1 aliphatic carbocycles. The zero-order valence-corrected chi connectivity index (χ0v) is 16.6. The molecular weight excluding hydrogens is 373 g/mol. The number of hydrogen-bond donors (Lipinski definition) is 1. The van der Waals surface area contributed by atoms with Crippen molar-refractivity contribution >= 4 is 17.7 Å². The molecule has 6 nitrogen and oxygen atoms in total. The number of fused-ring (bicyclic) bond motifs is 1. The zero-order valence-electron chi connectivity index (χ0n) is 16.6. The van der Waals surface area contributed by atoms with E-state index in [-0.39, 0.29) is 17.7 Å². The van der Waals surface area contributed by atoms with E-state index in [9.17, 15) is 18.8 Å². The number of piperazine rings is 1. The summed E-state index contributed by atoms with van der Waals surface area (Å²) in [5.41, 5.74) is 0.196. The first-order chi connectivity index (χ1) is 13.8. The number of nitrogens with one attached hydrogen (secondary N) is 1. The van der Waals surface area contributed by atoms with Gasteiger partial charge in [-0.1, -0.05) is 42.5 Å². The van der Waals surface area contributed by atoms with Crippen LogP contribution in [-0.4, -0.2) is 65.4 Å². The highest BCUT2D eigenvalue weighted by atomic mass is 19.1. The molecule has 1 aromatic rings. The summed E-state index contributed by atoms with van der Waals surface area (Å²) in [4.78, 5) is 42.0. The molecule has 2 heterocycles. The molecule has 0 radical (unpaired) electrons. The third kappa shape index (κ3) is 2.87. The number of carbonyl (C=O) groups excluding carboxylic acids is 3. The number of amides is 3. The molecule has 5 unspecified atom stereocenters. The SMILES string of the molecule is CN1C(=O)C(C)(Cc2ccccc2)N(C)C(=O)C1C1NC(=O)C2=CC=CC(F)C21. The number of likely N-dealkylation sites (N-methyl/N-ethyl adjacent to an activating group) is 2. The van der Waals surface area contributed by atoms with Gasteiger partial charge in [-0.15, -0.1) is 0 Å². The normalized spacial score (nSPS) is 34.2. The van der Waals surface area contributed by atoms with Crippen LogP contribution in [-0.2, 0) is 20.8 Å². The lowest BCUT2D eigenvalue weighted by molar-refractivity contribution is -0.168. The van der Waals surface area contributed by atoms with Gasteiger partial charge in [0.25, 0.3) is 0 Å². The molecule has 152 valence electrons. The van der Waals surface area contributed by atoms with Gasteiger partial charge in [0.1, 0.15) is 17.8 Å². The zero-order chi connectivity index (χ0) is 20.9. The van der Waals surface area contributed by atoms with Crippen LogP contribution in [0.1, 0.15) is 12.5 Å². The van der Waals surface area contributed by atoms with Gasteiger partial charge in [-0.2, -0.15) is 0 Å². The maximum absolute atomic E-state index is 14.7. The summed E-state index contributed by atoms with van der Waals surface area (Å²) in [7, 11) is 3.16. The second kappa shape index (κ2) is 6.83. The third-order valence-electron chi connectivity index (χ3n) is 6.47. The van der Waals surface area contributed by atoms with E-state index >= 15 is 0 Å². The van der Waals surface area contributed by atoms with Crippen LogP contribution in [0.5, 0.6) is 0 Å². The number of hydrogen-bond acceptors (Lipinski definition) is 3. The molecule has 3 amide bonds. The van der Waals surface area contributed by atoms with Crippen molar-refractivity contribution in [2.24, 2.45) is 5.92 Å². The monoisotopic (exact) mass is 397 g/mol. The molecule has 7 heteroatoms. The maximum Gasteiger partial charge on any atom is 0.249 e. The molecule has 1 N–H and O–H groups in total. The van der Waals surface area contributed by atoms with E-state index in [0.717, 1.165) is 5.56 Å². The van der Waals surface area contributed by atoms with E-state index in [1.807, 2.05) is 30.3 Å². The van der Waals surface area contributed by atoms with Crippen molar-refractivity contribution < 1.29 is 18.8 Å². The summed E-state index contributed by atoms with van der Waals surface area (Å²) < 4.78 is 14.7. The number of carbonyl (C=O) groups is 3. The minimum Gasteiger partial charge on any atom is -0.346 e. The molecule has 0 aromatic heterocycles. The van der Waals surface area contributed by atoms with E-state index in [2.05, 4.69) is 5.32 Å². The fourth-order valence-corrected chi connectivity index (χ4v) is 4.73. The summed E-state index contributed by atoms with van der Waals surface area (Å²) in [6.45, 7) is 1.74. The van der Waals surface area contributed by atoms with E-state index in [1.165, 1.54) is 22.0 Å². The van der Waals surface area contributed by atoms with Gasteiger partial charge in [0, 0.05) is 32.0 Å². The van der Waals surface area contributed by atoms with Gasteiger partial charge in [-0.3, -0.25) is 14.4 Å². The van der Waals surface area contributed by atoms with Crippen molar-refractivity contribution in [3.63, 3.8) is 0 Å². The molecule has 29 heavy (non-hydrogen) atoms. The van der Waals surface area contributed by atoms with Crippen LogP contribution < -0.4 is 5.32 Å². The van der Waals surface area contributed by atoms with E-state index < -0.39 is 29.7 Å². The molecule has 3 aliphatic rings. The van der Waals surface area contributed by atoms with Crippen LogP contribution in [0.15, 0.2) is 54.1 Å². The predicted octanol–water partition coefficient (Wildman–Crippen LogP) is 1.24. The van der Waals surface area contributed by atoms with Crippen molar-refractivity contribution in [2.45, 2.75) is 37.1 Å². The molecule has 2 aliphatic heterocycles. The van der Waals surface area contributed by atoms with Gasteiger partial charge >= 0.3 is 0 Å². The molecule has 0 bridgehead atoms. The summed E-state index contributed by atoms with van der Waals surface area (Å²) in [6, 6.07) is 7.74. The number of allylic oxidation sites excluding steroid dienone is 3. The lowest BCUT2D eigenvalue weighted by Crippen LogP contribution is -2.73. The molecule has 1 aromatic carbocycles. The third-order valence-corrected chi connectivity index (χ3v) is 6.47. The van der Waals surface area contributed by atoms with Crippen LogP contribution in [0.4, 0.5) is 4.39 Å². The Balaban J connectivity index is 1.66. The van der Waals surface area contributed by atoms with Crippen molar-refractivity contribution in [3.8, 4) is 0 Å².